The van der Waals surface area contributed by atoms with Gasteiger partial charge in [0.05, 0.1) is 23.1 Å². The largest absolute Gasteiger partial charge is 0.382 e. The average Bonchev–Trinajstić information content (AvgIpc) is 3.11. The molecule has 1 atom stereocenters. The molecule has 2 aromatic rings. The number of hydrogen-bond acceptors (Lipinski definition) is 6. The number of allylic oxidation sites excluding steroid dienone is 2. The van der Waals surface area contributed by atoms with Crippen LogP contribution in [0.15, 0.2) is 77.4 Å². The van der Waals surface area contributed by atoms with E-state index in [2.05, 4.69) is 10.3 Å². The van der Waals surface area contributed by atoms with E-state index in [0.29, 0.717) is 39.7 Å². The van der Waals surface area contributed by atoms with Crippen LogP contribution in [0.1, 0.15) is 38.1 Å². The Balaban J connectivity index is 2.27. The zero-order valence-corrected chi connectivity index (χ0v) is 21.3. The van der Waals surface area contributed by atoms with Gasteiger partial charge in [0.25, 0.3) is 5.91 Å². The number of aldehydes is 1. The van der Waals surface area contributed by atoms with Crippen LogP contribution in [-0.2, 0) is 16.0 Å². The lowest BCUT2D eigenvalue weighted by Crippen LogP contribution is -2.31. The fourth-order valence-electron chi connectivity index (χ4n) is 4.03. The number of amides is 1. The van der Waals surface area contributed by atoms with Crippen LogP contribution in [-0.4, -0.2) is 46.8 Å². The van der Waals surface area contributed by atoms with Gasteiger partial charge in [-0.3, -0.25) is 19.5 Å². The molecule has 1 aromatic carbocycles. The summed E-state index contributed by atoms with van der Waals surface area (Å²) >= 11 is 6.15. The van der Waals surface area contributed by atoms with Crippen LogP contribution in [0.5, 0.6) is 0 Å². The second-order valence-corrected chi connectivity index (χ2v) is 8.98. The number of aromatic nitrogens is 1. The van der Waals surface area contributed by atoms with Crippen molar-refractivity contribution in [2.45, 2.75) is 33.2 Å². The van der Waals surface area contributed by atoms with Crippen molar-refractivity contribution in [3.05, 3.63) is 93.7 Å². The first-order valence-electron chi connectivity index (χ1n) is 11.3. The third kappa shape index (κ3) is 5.69. The Bertz CT molecular complexity index is 1230. The Labute approximate surface area is 211 Å². The Hall–Kier alpha value is -3.71. The Morgan fingerprint density at radius 3 is 2.49 bits per heavy atom. The number of halogens is 1. The molecule has 0 saturated heterocycles. The van der Waals surface area contributed by atoms with Gasteiger partial charge in [0, 0.05) is 42.8 Å². The Kier molecular flexibility index (Phi) is 8.25. The molecule has 1 aliphatic heterocycles. The predicted octanol–water partition coefficient (Wildman–Crippen LogP) is 5.13. The topological polar surface area (TPSA) is 89.4 Å². The van der Waals surface area contributed by atoms with Crippen molar-refractivity contribution >= 4 is 35.2 Å². The summed E-state index contributed by atoms with van der Waals surface area (Å²) in [6.07, 6.45) is 6.61. The maximum atomic E-state index is 14.1. The van der Waals surface area contributed by atoms with Crippen molar-refractivity contribution in [2.24, 2.45) is 0 Å². The summed E-state index contributed by atoms with van der Waals surface area (Å²) in [4.78, 5) is 33.4. The molecule has 1 aromatic heterocycles. The smallest absolute Gasteiger partial charge is 0.276 e. The van der Waals surface area contributed by atoms with E-state index in [9.17, 15) is 9.59 Å². The van der Waals surface area contributed by atoms with E-state index in [1.54, 1.807) is 55.4 Å². The standard InChI is InChI=1S/C27H30ClN5O2/c1-6-22-23(8-7-13-30-22)31-25-24(18(3)29)26(19-9-11-20(28)12-10-19)33(27(25)35)21(15-32(4)5)14-17(2)16-34/h7-16,26,29,31H,6H2,1-5H3/b17-14-,21-15+,29-18?. The second kappa shape index (κ2) is 11.1. The summed E-state index contributed by atoms with van der Waals surface area (Å²) in [6, 6.07) is 10.3. The fourth-order valence-corrected chi connectivity index (χ4v) is 4.15. The molecule has 7 nitrogen and oxygen atoms in total. The summed E-state index contributed by atoms with van der Waals surface area (Å²) in [5.41, 5.74) is 4.43. The molecular weight excluding hydrogens is 462 g/mol. The maximum absolute atomic E-state index is 14.1. The molecule has 1 unspecified atom stereocenters. The molecule has 1 aliphatic rings. The number of carbonyl (C=O) groups is 2. The highest BCUT2D eigenvalue weighted by Crippen LogP contribution is 2.42. The van der Waals surface area contributed by atoms with Crippen LogP contribution in [0.3, 0.4) is 0 Å². The summed E-state index contributed by atoms with van der Waals surface area (Å²) < 4.78 is 0. The highest BCUT2D eigenvalue weighted by Gasteiger charge is 2.43. The molecule has 2 heterocycles. The summed E-state index contributed by atoms with van der Waals surface area (Å²) in [7, 11) is 3.70. The quantitative estimate of drug-likeness (QED) is 0.219. The van der Waals surface area contributed by atoms with Crippen LogP contribution in [0.2, 0.25) is 5.02 Å². The number of rotatable bonds is 9. The lowest BCUT2D eigenvalue weighted by atomic mass is 9.95. The molecular formula is C27H30ClN5O2. The molecule has 0 aliphatic carbocycles. The molecule has 3 rings (SSSR count). The second-order valence-electron chi connectivity index (χ2n) is 8.54. The number of nitrogens with one attached hydrogen (secondary N) is 2. The zero-order chi connectivity index (χ0) is 25.7. The van der Waals surface area contributed by atoms with Gasteiger partial charge in [-0.15, -0.1) is 0 Å². The van der Waals surface area contributed by atoms with E-state index in [0.717, 1.165) is 17.5 Å². The van der Waals surface area contributed by atoms with Gasteiger partial charge in [-0.05, 0) is 61.7 Å². The highest BCUT2D eigenvalue weighted by atomic mass is 35.5. The molecule has 0 bridgehead atoms. The number of hydrogen-bond donors (Lipinski definition) is 2. The third-order valence-corrected chi connectivity index (χ3v) is 5.79. The minimum Gasteiger partial charge on any atom is -0.382 e. The molecule has 0 fully saturated rings. The van der Waals surface area contributed by atoms with Crippen molar-refractivity contribution in [3.63, 3.8) is 0 Å². The molecule has 0 saturated carbocycles. The lowest BCUT2D eigenvalue weighted by molar-refractivity contribution is -0.125. The molecule has 35 heavy (non-hydrogen) atoms. The zero-order valence-electron chi connectivity index (χ0n) is 20.6. The lowest BCUT2D eigenvalue weighted by Gasteiger charge is -2.29. The van der Waals surface area contributed by atoms with E-state index in [4.69, 9.17) is 17.0 Å². The molecule has 1 amide bonds. The van der Waals surface area contributed by atoms with Gasteiger partial charge in [0.15, 0.2) is 0 Å². The van der Waals surface area contributed by atoms with Crippen LogP contribution in [0.25, 0.3) is 0 Å². The van der Waals surface area contributed by atoms with Crippen LogP contribution in [0.4, 0.5) is 5.69 Å². The van der Waals surface area contributed by atoms with Crippen molar-refractivity contribution in [2.75, 3.05) is 19.4 Å². The fraction of sp³-hybridized carbons (Fsp3) is 0.259. The van der Waals surface area contributed by atoms with E-state index in [1.165, 1.54) is 0 Å². The third-order valence-electron chi connectivity index (χ3n) is 5.54. The molecule has 0 radical (unpaired) electrons. The predicted molar refractivity (Wildman–Crippen MR) is 140 cm³/mol. The number of anilines is 1. The van der Waals surface area contributed by atoms with Gasteiger partial charge >= 0.3 is 0 Å². The van der Waals surface area contributed by atoms with Crippen molar-refractivity contribution in [1.82, 2.24) is 14.8 Å². The number of carbonyl (C=O) groups excluding carboxylic acids is 2. The molecule has 182 valence electrons. The first-order chi connectivity index (χ1) is 16.7. The van der Waals surface area contributed by atoms with Gasteiger partial charge in [0.2, 0.25) is 0 Å². The highest BCUT2D eigenvalue weighted by molar-refractivity contribution is 6.30. The Morgan fingerprint density at radius 1 is 1.23 bits per heavy atom. The van der Waals surface area contributed by atoms with Gasteiger partial charge in [-0.2, -0.15) is 0 Å². The summed E-state index contributed by atoms with van der Waals surface area (Å²) in [5.74, 6) is -0.305. The number of aryl methyl sites for hydroxylation is 1. The number of pyridine rings is 1. The normalized spacial score (nSPS) is 16.6. The minimum absolute atomic E-state index is 0.255. The van der Waals surface area contributed by atoms with Crippen LogP contribution >= 0.6 is 11.6 Å². The monoisotopic (exact) mass is 491 g/mol. The molecule has 2 N–H and O–H groups in total. The van der Waals surface area contributed by atoms with Crippen LogP contribution in [0, 0.1) is 5.41 Å². The van der Waals surface area contributed by atoms with Gasteiger partial charge < -0.3 is 15.6 Å². The van der Waals surface area contributed by atoms with Gasteiger partial charge in [-0.25, -0.2) is 0 Å². The first-order valence-corrected chi connectivity index (χ1v) is 11.7. The van der Waals surface area contributed by atoms with Crippen molar-refractivity contribution < 1.29 is 9.59 Å². The van der Waals surface area contributed by atoms with E-state index in [1.807, 2.05) is 44.1 Å². The van der Waals surface area contributed by atoms with Gasteiger partial charge in [-0.1, -0.05) is 30.7 Å². The van der Waals surface area contributed by atoms with E-state index >= 15 is 0 Å². The van der Waals surface area contributed by atoms with Crippen molar-refractivity contribution in [1.29, 1.82) is 5.41 Å². The molecule has 8 heteroatoms. The maximum Gasteiger partial charge on any atom is 0.276 e. The minimum atomic E-state index is -0.594. The summed E-state index contributed by atoms with van der Waals surface area (Å²) in [5, 5.41) is 12.5. The number of benzene rings is 1. The van der Waals surface area contributed by atoms with E-state index < -0.39 is 6.04 Å². The average molecular weight is 492 g/mol. The SMILES string of the molecule is CCc1ncccc1NC1=C(C(C)=N)C(c2ccc(Cl)cc2)N(C(/C=C(/C)C=O)=C/N(C)C)C1=O. The summed E-state index contributed by atoms with van der Waals surface area (Å²) in [6.45, 7) is 5.35. The van der Waals surface area contributed by atoms with Crippen molar-refractivity contribution in [3.8, 4) is 0 Å². The van der Waals surface area contributed by atoms with Gasteiger partial charge in [0.1, 0.15) is 12.0 Å². The van der Waals surface area contributed by atoms with E-state index in [-0.39, 0.29) is 11.6 Å². The number of nitrogens with zero attached hydrogens (tertiary/aromatic N) is 3. The Morgan fingerprint density at radius 2 is 1.91 bits per heavy atom. The molecule has 0 spiro atoms. The van der Waals surface area contributed by atoms with Crippen LogP contribution < -0.4 is 5.32 Å². The first kappa shape index (κ1) is 25.9.